The standard InChI is InChI=1S/C13H8F2N2/c14-9-6-10(15)12-11(7-9)16-13(17-12)8-4-2-1-3-5-8/h1-7H,(H,16,17). The van der Waals surface area contributed by atoms with Crippen molar-refractivity contribution in [3.63, 3.8) is 0 Å². The number of imidazole rings is 1. The molecule has 3 aromatic rings. The average molecular weight is 230 g/mol. The summed E-state index contributed by atoms with van der Waals surface area (Å²) in [6, 6.07) is 11.4. The maximum atomic E-state index is 13.5. The molecule has 0 atom stereocenters. The molecule has 0 saturated carbocycles. The van der Waals surface area contributed by atoms with E-state index in [1.54, 1.807) is 0 Å². The number of nitrogens with zero attached hydrogens (tertiary/aromatic N) is 1. The van der Waals surface area contributed by atoms with Crippen molar-refractivity contribution in [2.45, 2.75) is 0 Å². The minimum absolute atomic E-state index is 0.158. The molecule has 2 aromatic carbocycles. The van der Waals surface area contributed by atoms with Crippen LogP contribution in [0.2, 0.25) is 0 Å². The normalized spacial score (nSPS) is 10.9. The summed E-state index contributed by atoms with van der Waals surface area (Å²) in [6.07, 6.45) is 0. The molecule has 0 saturated heterocycles. The van der Waals surface area contributed by atoms with Crippen LogP contribution < -0.4 is 0 Å². The van der Waals surface area contributed by atoms with Crippen LogP contribution in [-0.4, -0.2) is 9.97 Å². The van der Waals surface area contributed by atoms with Gasteiger partial charge in [-0.05, 0) is 6.07 Å². The Hall–Kier alpha value is -2.23. The molecule has 1 heterocycles. The van der Waals surface area contributed by atoms with Crippen molar-refractivity contribution < 1.29 is 8.78 Å². The number of H-pyrrole nitrogens is 1. The molecule has 0 radical (unpaired) electrons. The lowest BCUT2D eigenvalue weighted by molar-refractivity contribution is 0.591. The summed E-state index contributed by atoms with van der Waals surface area (Å²) in [5, 5.41) is 0. The van der Waals surface area contributed by atoms with E-state index in [0.717, 1.165) is 11.6 Å². The van der Waals surface area contributed by atoms with Gasteiger partial charge in [0.25, 0.3) is 0 Å². The van der Waals surface area contributed by atoms with Gasteiger partial charge in [0, 0.05) is 11.6 Å². The number of nitrogens with one attached hydrogen (secondary N) is 1. The topological polar surface area (TPSA) is 28.7 Å². The number of halogens is 2. The average Bonchev–Trinajstić information content (AvgIpc) is 2.74. The maximum Gasteiger partial charge on any atom is 0.153 e. The quantitative estimate of drug-likeness (QED) is 0.680. The third-order valence-corrected chi connectivity index (χ3v) is 2.55. The van der Waals surface area contributed by atoms with Crippen LogP contribution in [0.15, 0.2) is 42.5 Å². The van der Waals surface area contributed by atoms with Crippen LogP contribution in [0.5, 0.6) is 0 Å². The zero-order valence-corrected chi connectivity index (χ0v) is 8.74. The number of fused-ring (bicyclic) bond motifs is 1. The Morgan fingerprint density at radius 1 is 1.00 bits per heavy atom. The Morgan fingerprint density at radius 2 is 1.76 bits per heavy atom. The maximum absolute atomic E-state index is 13.5. The Labute approximate surface area is 95.9 Å². The zero-order chi connectivity index (χ0) is 11.8. The first-order valence-corrected chi connectivity index (χ1v) is 5.14. The van der Waals surface area contributed by atoms with Gasteiger partial charge in [0.1, 0.15) is 17.2 Å². The van der Waals surface area contributed by atoms with Gasteiger partial charge < -0.3 is 4.98 Å². The van der Waals surface area contributed by atoms with Crippen molar-refractivity contribution in [3.8, 4) is 11.4 Å². The number of rotatable bonds is 1. The summed E-state index contributed by atoms with van der Waals surface area (Å²) in [7, 11) is 0. The molecule has 0 fully saturated rings. The molecule has 1 N–H and O–H groups in total. The molecule has 0 aliphatic carbocycles. The number of hydrogen-bond donors (Lipinski definition) is 1. The summed E-state index contributed by atoms with van der Waals surface area (Å²) in [5.74, 6) is -0.734. The van der Waals surface area contributed by atoms with E-state index in [0.29, 0.717) is 11.3 Å². The molecule has 0 aliphatic heterocycles. The van der Waals surface area contributed by atoms with Gasteiger partial charge in [-0.15, -0.1) is 0 Å². The molecule has 3 rings (SSSR count). The van der Waals surface area contributed by atoms with Gasteiger partial charge in [0.2, 0.25) is 0 Å². The molecule has 4 heteroatoms. The highest BCUT2D eigenvalue weighted by Crippen LogP contribution is 2.22. The number of hydrogen-bond acceptors (Lipinski definition) is 1. The Balaban J connectivity index is 2.24. The summed E-state index contributed by atoms with van der Waals surface area (Å²) in [6.45, 7) is 0. The second-order valence-corrected chi connectivity index (χ2v) is 3.74. The number of benzene rings is 2. The van der Waals surface area contributed by atoms with Crippen molar-refractivity contribution in [2.24, 2.45) is 0 Å². The van der Waals surface area contributed by atoms with Crippen molar-refractivity contribution >= 4 is 11.0 Å². The third-order valence-electron chi connectivity index (χ3n) is 2.55. The van der Waals surface area contributed by atoms with Crippen LogP contribution >= 0.6 is 0 Å². The van der Waals surface area contributed by atoms with Gasteiger partial charge in [-0.1, -0.05) is 30.3 Å². The van der Waals surface area contributed by atoms with E-state index in [9.17, 15) is 8.78 Å². The Bertz CT molecular complexity index is 674. The monoisotopic (exact) mass is 230 g/mol. The van der Waals surface area contributed by atoms with Crippen molar-refractivity contribution in [1.29, 1.82) is 0 Å². The molecule has 0 aliphatic rings. The molecule has 1 aromatic heterocycles. The second kappa shape index (κ2) is 3.66. The fourth-order valence-corrected chi connectivity index (χ4v) is 1.77. The molecule has 0 amide bonds. The predicted octanol–water partition coefficient (Wildman–Crippen LogP) is 3.51. The summed E-state index contributed by atoms with van der Waals surface area (Å²) in [4.78, 5) is 7.03. The van der Waals surface area contributed by atoms with E-state index in [4.69, 9.17) is 0 Å². The van der Waals surface area contributed by atoms with Gasteiger partial charge in [0.15, 0.2) is 5.82 Å². The number of aromatic amines is 1. The highest BCUT2D eigenvalue weighted by atomic mass is 19.1. The lowest BCUT2D eigenvalue weighted by Gasteiger charge is -1.93. The first kappa shape index (κ1) is 9.96. The van der Waals surface area contributed by atoms with Crippen LogP contribution in [-0.2, 0) is 0 Å². The first-order chi connectivity index (χ1) is 8.24. The Morgan fingerprint density at radius 3 is 2.53 bits per heavy atom. The van der Waals surface area contributed by atoms with Gasteiger partial charge >= 0.3 is 0 Å². The smallest absolute Gasteiger partial charge is 0.153 e. The van der Waals surface area contributed by atoms with Gasteiger partial charge in [-0.2, -0.15) is 0 Å². The van der Waals surface area contributed by atoms with E-state index in [1.807, 2.05) is 30.3 Å². The fraction of sp³-hybridized carbons (Fsp3) is 0. The highest BCUT2D eigenvalue weighted by Gasteiger charge is 2.10. The van der Waals surface area contributed by atoms with Gasteiger partial charge in [-0.25, -0.2) is 13.8 Å². The van der Waals surface area contributed by atoms with E-state index in [2.05, 4.69) is 9.97 Å². The van der Waals surface area contributed by atoms with Crippen LogP contribution in [0.3, 0.4) is 0 Å². The first-order valence-electron chi connectivity index (χ1n) is 5.14. The van der Waals surface area contributed by atoms with Gasteiger partial charge in [-0.3, -0.25) is 0 Å². The lowest BCUT2D eigenvalue weighted by atomic mass is 10.2. The molecule has 0 spiro atoms. The van der Waals surface area contributed by atoms with Gasteiger partial charge in [0.05, 0.1) is 5.52 Å². The lowest BCUT2D eigenvalue weighted by Crippen LogP contribution is -1.81. The zero-order valence-electron chi connectivity index (χ0n) is 8.74. The largest absolute Gasteiger partial charge is 0.338 e. The van der Waals surface area contributed by atoms with Crippen LogP contribution in [0.1, 0.15) is 0 Å². The predicted molar refractivity (Wildman–Crippen MR) is 61.4 cm³/mol. The van der Waals surface area contributed by atoms with Crippen LogP contribution in [0.4, 0.5) is 8.78 Å². The third kappa shape index (κ3) is 1.67. The molecule has 2 nitrogen and oxygen atoms in total. The van der Waals surface area contributed by atoms with Crippen molar-refractivity contribution in [3.05, 3.63) is 54.1 Å². The molecule has 84 valence electrons. The SMILES string of the molecule is Fc1cc(F)c2nc(-c3ccccc3)[nH]c2c1. The molecular formula is C13H8F2N2. The fourth-order valence-electron chi connectivity index (χ4n) is 1.77. The second-order valence-electron chi connectivity index (χ2n) is 3.74. The van der Waals surface area contributed by atoms with E-state index >= 15 is 0 Å². The Kier molecular flexibility index (Phi) is 2.14. The molecule has 0 unspecified atom stereocenters. The highest BCUT2D eigenvalue weighted by molar-refractivity contribution is 5.79. The number of aromatic nitrogens is 2. The van der Waals surface area contributed by atoms with E-state index < -0.39 is 11.6 Å². The molecule has 17 heavy (non-hydrogen) atoms. The summed E-state index contributed by atoms with van der Waals surface area (Å²) >= 11 is 0. The minimum Gasteiger partial charge on any atom is -0.338 e. The van der Waals surface area contributed by atoms with Crippen LogP contribution in [0, 0.1) is 11.6 Å². The molecular weight excluding hydrogens is 222 g/mol. The van der Waals surface area contributed by atoms with Crippen molar-refractivity contribution in [1.82, 2.24) is 9.97 Å². The summed E-state index contributed by atoms with van der Waals surface area (Å²) < 4.78 is 26.5. The van der Waals surface area contributed by atoms with Crippen molar-refractivity contribution in [2.75, 3.05) is 0 Å². The van der Waals surface area contributed by atoms with E-state index in [1.165, 1.54) is 6.07 Å². The van der Waals surface area contributed by atoms with Crippen LogP contribution in [0.25, 0.3) is 22.4 Å². The minimum atomic E-state index is -0.654. The summed E-state index contributed by atoms with van der Waals surface area (Å²) in [5.41, 5.74) is 1.36. The molecule has 0 bridgehead atoms. The van der Waals surface area contributed by atoms with E-state index in [-0.39, 0.29) is 5.52 Å².